The van der Waals surface area contributed by atoms with Crippen molar-refractivity contribution in [3.05, 3.63) is 75.7 Å². The third-order valence-corrected chi connectivity index (χ3v) is 3.74. The van der Waals surface area contributed by atoms with Gasteiger partial charge in [-0.05, 0) is 53.6 Å². The van der Waals surface area contributed by atoms with Gasteiger partial charge in [-0.25, -0.2) is 5.43 Å². The molecule has 0 radical (unpaired) electrons. The number of aromatic nitrogens is 3. The molecular weight excluding hydrogens is 360 g/mol. The van der Waals surface area contributed by atoms with Crippen LogP contribution in [0.4, 0.5) is 5.95 Å². The van der Waals surface area contributed by atoms with Crippen molar-refractivity contribution < 1.29 is 9.84 Å². The zero-order valence-electron chi connectivity index (χ0n) is 15.0. The quantitative estimate of drug-likeness (QED) is 0.338. The Morgan fingerprint density at radius 1 is 1.07 bits per heavy atom. The van der Waals surface area contributed by atoms with Gasteiger partial charge in [0.25, 0.3) is 11.5 Å². The second-order valence-electron chi connectivity index (χ2n) is 5.65. The van der Waals surface area contributed by atoms with Gasteiger partial charge in [0.2, 0.25) is 0 Å². The fourth-order valence-corrected chi connectivity index (χ4v) is 2.21. The minimum atomic E-state index is -0.526. The van der Waals surface area contributed by atoms with Crippen LogP contribution in [0, 0.1) is 0 Å². The first-order valence-electron chi connectivity index (χ1n) is 8.22. The van der Waals surface area contributed by atoms with Gasteiger partial charge < -0.3 is 15.7 Å². The van der Waals surface area contributed by atoms with Crippen molar-refractivity contribution in [3.8, 4) is 11.5 Å². The number of methoxy groups -OCH3 is 1. The number of anilines is 1. The van der Waals surface area contributed by atoms with Gasteiger partial charge in [-0.1, -0.05) is 18.2 Å². The SMILES string of the molecule is COc1ccc(/C=C/c2nnc(N/N=C/c3ccc(O)cc3)n(N)c2=O)cc1. The number of rotatable bonds is 6. The second-order valence-corrected chi connectivity index (χ2v) is 5.65. The number of benzene rings is 2. The number of phenols is 1. The van der Waals surface area contributed by atoms with Crippen LogP contribution in [0.15, 0.2) is 58.4 Å². The molecule has 0 amide bonds. The second kappa shape index (κ2) is 8.49. The standard InChI is InChI=1S/C19H18N6O3/c1-28-16-9-4-13(5-10-16)6-11-17-18(27)25(20)19(24-22-17)23-21-12-14-2-7-15(26)8-3-14/h2-12,26H,20H2,1H3,(H,23,24)/b11-6+,21-12+. The fourth-order valence-electron chi connectivity index (χ4n) is 2.21. The number of nitrogens with two attached hydrogens (primary N) is 1. The van der Waals surface area contributed by atoms with Crippen molar-refractivity contribution in [1.29, 1.82) is 0 Å². The lowest BCUT2D eigenvalue weighted by atomic mass is 10.2. The van der Waals surface area contributed by atoms with E-state index in [0.29, 0.717) is 0 Å². The van der Waals surface area contributed by atoms with Crippen LogP contribution in [0.1, 0.15) is 16.8 Å². The fraction of sp³-hybridized carbons (Fsp3) is 0.0526. The molecular formula is C19H18N6O3. The van der Waals surface area contributed by atoms with Crippen LogP contribution in [-0.2, 0) is 0 Å². The van der Waals surface area contributed by atoms with Gasteiger partial charge in [0.15, 0.2) is 5.69 Å². The first-order valence-corrected chi connectivity index (χ1v) is 8.22. The molecule has 0 atom stereocenters. The molecule has 28 heavy (non-hydrogen) atoms. The molecule has 0 spiro atoms. The summed E-state index contributed by atoms with van der Waals surface area (Å²) in [4.78, 5) is 12.3. The highest BCUT2D eigenvalue weighted by Gasteiger charge is 2.07. The average molecular weight is 378 g/mol. The molecule has 142 valence electrons. The van der Waals surface area contributed by atoms with E-state index in [0.717, 1.165) is 21.6 Å². The monoisotopic (exact) mass is 378 g/mol. The van der Waals surface area contributed by atoms with Crippen molar-refractivity contribution >= 4 is 24.3 Å². The molecule has 3 aromatic rings. The Balaban J connectivity index is 1.72. The van der Waals surface area contributed by atoms with Crippen LogP contribution in [0.2, 0.25) is 0 Å². The minimum absolute atomic E-state index is 0.0124. The molecule has 0 saturated heterocycles. The molecule has 1 heterocycles. The normalized spacial score (nSPS) is 11.2. The lowest BCUT2D eigenvalue weighted by Crippen LogP contribution is -2.32. The lowest BCUT2D eigenvalue weighted by molar-refractivity contribution is 0.415. The number of aromatic hydroxyl groups is 1. The minimum Gasteiger partial charge on any atom is -0.508 e. The molecule has 0 aliphatic heterocycles. The van der Waals surface area contributed by atoms with E-state index in [1.807, 2.05) is 24.3 Å². The summed E-state index contributed by atoms with van der Waals surface area (Å²) < 4.78 is 5.93. The first-order chi connectivity index (χ1) is 13.6. The summed E-state index contributed by atoms with van der Waals surface area (Å²) in [5.41, 5.74) is 3.73. The van der Waals surface area contributed by atoms with Crippen LogP contribution in [0.3, 0.4) is 0 Å². The van der Waals surface area contributed by atoms with Gasteiger partial charge in [-0.15, -0.1) is 10.2 Å². The van der Waals surface area contributed by atoms with Gasteiger partial charge in [0.05, 0.1) is 13.3 Å². The molecule has 3 rings (SSSR count). The van der Waals surface area contributed by atoms with Crippen LogP contribution < -0.4 is 21.6 Å². The molecule has 0 saturated carbocycles. The summed E-state index contributed by atoms with van der Waals surface area (Å²) in [6.07, 6.45) is 4.74. The van der Waals surface area contributed by atoms with E-state index >= 15 is 0 Å². The van der Waals surface area contributed by atoms with Crippen molar-refractivity contribution in [2.45, 2.75) is 0 Å². The first kappa shape index (κ1) is 18.6. The number of nitrogens with zero attached hydrogens (tertiary/aromatic N) is 4. The Labute approximate surface area is 160 Å². The van der Waals surface area contributed by atoms with Gasteiger partial charge in [-0.3, -0.25) is 4.79 Å². The highest BCUT2D eigenvalue weighted by molar-refractivity contribution is 5.80. The molecule has 0 bridgehead atoms. The van der Waals surface area contributed by atoms with Crippen LogP contribution in [0.5, 0.6) is 11.5 Å². The lowest BCUT2D eigenvalue weighted by Gasteiger charge is -2.05. The number of nitrogens with one attached hydrogen (secondary N) is 1. The number of hydrogen-bond acceptors (Lipinski definition) is 8. The van der Waals surface area contributed by atoms with E-state index in [1.165, 1.54) is 24.4 Å². The molecule has 4 N–H and O–H groups in total. The van der Waals surface area contributed by atoms with E-state index in [9.17, 15) is 9.90 Å². The summed E-state index contributed by atoms with van der Waals surface area (Å²) >= 11 is 0. The highest BCUT2D eigenvalue weighted by atomic mass is 16.5. The van der Waals surface area contributed by atoms with E-state index in [1.54, 1.807) is 25.3 Å². The smallest absolute Gasteiger partial charge is 0.299 e. The predicted octanol–water partition coefficient (Wildman–Crippen LogP) is 1.68. The van der Waals surface area contributed by atoms with Crippen molar-refractivity contribution in [3.63, 3.8) is 0 Å². The number of nitrogen functional groups attached to an aromatic ring is 1. The van der Waals surface area contributed by atoms with Gasteiger partial charge in [-0.2, -0.15) is 9.78 Å². The summed E-state index contributed by atoms with van der Waals surface area (Å²) in [7, 11) is 1.59. The maximum atomic E-state index is 12.3. The Bertz CT molecular complexity index is 1060. The summed E-state index contributed by atoms with van der Waals surface area (Å²) in [6, 6.07) is 13.7. The van der Waals surface area contributed by atoms with E-state index in [4.69, 9.17) is 10.6 Å². The molecule has 0 fully saturated rings. The van der Waals surface area contributed by atoms with E-state index < -0.39 is 5.56 Å². The van der Waals surface area contributed by atoms with E-state index in [2.05, 4.69) is 20.7 Å². The molecule has 9 nitrogen and oxygen atoms in total. The maximum absolute atomic E-state index is 12.3. The molecule has 1 aromatic heterocycles. The Kier molecular flexibility index (Phi) is 5.66. The summed E-state index contributed by atoms with van der Waals surface area (Å²) in [5.74, 6) is 6.66. The molecule has 2 aromatic carbocycles. The number of ether oxygens (including phenoxy) is 1. The van der Waals surface area contributed by atoms with E-state index in [-0.39, 0.29) is 17.4 Å². The van der Waals surface area contributed by atoms with Crippen molar-refractivity contribution in [2.24, 2.45) is 5.10 Å². The highest BCUT2D eigenvalue weighted by Crippen LogP contribution is 2.13. The largest absolute Gasteiger partial charge is 0.508 e. The topological polar surface area (TPSA) is 128 Å². The maximum Gasteiger partial charge on any atom is 0.299 e. The Morgan fingerprint density at radius 3 is 2.43 bits per heavy atom. The van der Waals surface area contributed by atoms with Gasteiger partial charge >= 0.3 is 0 Å². The number of hydrogen-bond donors (Lipinski definition) is 3. The Hall–Kier alpha value is -4.14. The molecule has 0 aliphatic carbocycles. The zero-order valence-corrected chi connectivity index (χ0v) is 15.0. The Morgan fingerprint density at radius 2 is 1.75 bits per heavy atom. The third kappa shape index (κ3) is 4.52. The molecule has 0 unspecified atom stereocenters. The third-order valence-electron chi connectivity index (χ3n) is 3.74. The van der Waals surface area contributed by atoms with Crippen LogP contribution in [-0.4, -0.2) is 33.3 Å². The number of phenolic OH excluding ortho intramolecular Hbond substituents is 1. The molecule has 0 aliphatic rings. The van der Waals surface area contributed by atoms with Gasteiger partial charge in [0.1, 0.15) is 11.5 Å². The molecule has 9 heteroatoms. The number of hydrazone groups is 1. The van der Waals surface area contributed by atoms with Gasteiger partial charge in [0, 0.05) is 0 Å². The van der Waals surface area contributed by atoms with Crippen molar-refractivity contribution in [2.75, 3.05) is 18.4 Å². The van der Waals surface area contributed by atoms with Crippen LogP contribution >= 0.6 is 0 Å². The average Bonchev–Trinajstić information content (AvgIpc) is 2.72. The zero-order chi connectivity index (χ0) is 19.9. The van der Waals surface area contributed by atoms with Crippen molar-refractivity contribution in [1.82, 2.24) is 14.9 Å². The summed E-state index contributed by atoms with van der Waals surface area (Å²) in [6.45, 7) is 0. The predicted molar refractivity (Wildman–Crippen MR) is 108 cm³/mol. The summed E-state index contributed by atoms with van der Waals surface area (Å²) in [5, 5.41) is 21.0. The van der Waals surface area contributed by atoms with Crippen LogP contribution in [0.25, 0.3) is 12.2 Å².